The lowest BCUT2D eigenvalue weighted by atomic mass is 10.0. The molecule has 1 aliphatic heterocycles. The molecule has 2 aromatic rings. The molecule has 0 radical (unpaired) electrons. The Morgan fingerprint density at radius 1 is 1.08 bits per heavy atom. The van der Waals surface area contributed by atoms with Crippen LogP contribution in [0.5, 0.6) is 28.7 Å². The maximum atomic E-state index is 11.3. The number of benzene rings is 2. The Balaban J connectivity index is 2.12. The fourth-order valence-electron chi connectivity index (χ4n) is 2.33. The van der Waals surface area contributed by atoms with Gasteiger partial charge in [-0.2, -0.15) is 0 Å². The first kappa shape index (κ1) is 15.5. The average Bonchev–Trinajstić information content (AvgIpc) is 2.75. The van der Waals surface area contributed by atoms with Gasteiger partial charge in [-0.25, -0.2) is 4.79 Å². The Morgan fingerprint density at radius 2 is 1.83 bits per heavy atom. The van der Waals surface area contributed by atoms with Crippen molar-refractivity contribution in [2.24, 2.45) is 0 Å². The lowest BCUT2D eigenvalue weighted by molar-refractivity contribution is -0.134. The fraction of sp³-hybridized carbons (Fsp3) is 0.0556. The Labute approximate surface area is 137 Å². The molecule has 3 N–H and O–H groups in total. The van der Waals surface area contributed by atoms with Crippen molar-refractivity contribution in [3.63, 3.8) is 0 Å². The molecular weight excluding hydrogens is 312 g/mol. The zero-order chi connectivity index (χ0) is 17.3. The van der Waals surface area contributed by atoms with Crippen LogP contribution in [0, 0.1) is 0 Å². The van der Waals surface area contributed by atoms with Gasteiger partial charge in [0.2, 0.25) is 0 Å². The van der Waals surface area contributed by atoms with Crippen LogP contribution in [0.15, 0.2) is 30.3 Å². The molecule has 0 bridgehead atoms. The van der Waals surface area contributed by atoms with Gasteiger partial charge in [0.05, 0.1) is 7.11 Å². The predicted octanol–water partition coefficient (Wildman–Crippen LogP) is 3.27. The second kappa shape index (κ2) is 6.00. The summed E-state index contributed by atoms with van der Waals surface area (Å²) in [5.74, 6) is -0.736. The Morgan fingerprint density at radius 3 is 2.58 bits per heavy atom. The molecule has 6 nitrogen and oxygen atoms in total. The highest BCUT2D eigenvalue weighted by molar-refractivity contribution is 5.90. The van der Waals surface area contributed by atoms with Crippen molar-refractivity contribution in [1.82, 2.24) is 0 Å². The van der Waals surface area contributed by atoms with Crippen LogP contribution >= 0.6 is 0 Å². The third kappa shape index (κ3) is 2.77. The third-order valence-electron chi connectivity index (χ3n) is 3.56. The van der Waals surface area contributed by atoms with E-state index in [-0.39, 0.29) is 28.7 Å². The summed E-state index contributed by atoms with van der Waals surface area (Å²) in [6.45, 7) is 0. The summed E-state index contributed by atoms with van der Waals surface area (Å²) >= 11 is 0. The van der Waals surface area contributed by atoms with Crippen LogP contribution in [-0.4, -0.2) is 28.4 Å². The summed E-state index contributed by atoms with van der Waals surface area (Å²) in [5.41, 5.74) is 1.71. The van der Waals surface area contributed by atoms with Gasteiger partial charge in [-0.05, 0) is 29.8 Å². The van der Waals surface area contributed by atoms with E-state index in [1.54, 1.807) is 24.3 Å². The summed E-state index contributed by atoms with van der Waals surface area (Å²) in [6, 6.07) is 5.69. The van der Waals surface area contributed by atoms with Crippen molar-refractivity contribution in [3.8, 4) is 28.7 Å². The molecule has 0 spiro atoms. The number of methoxy groups -OCH3 is 1. The second-order valence-electron chi connectivity index (χ2n) is 5.09. The molecule has 0 unspecified atom stereocenters. The van der Waals surface area contributed by atoms with Gasteiger partial charge in [-0.3, -0.25) is 0 Å². The van der Waals surface area contributed by atoms with E-state index in [0.717, 1.165) is 0 Å². The standard InChI is InChI=1S/C18H14O6/c1-23-17(22)7-4-10-3-6-13(19)18-12(10)5-2-11-8-14(20)15(21)9-16(11)24-18/h2-9,19-21H,1H3/b7-4+. The van der Waals surface area contributed by atoms with Crippen LogP contribution in [0.25, 0.3) is 18.2 Å². The van der Waals surface area contributed by atoms with E-state index >= 15 is 0 Å². The van der Waals surface area contributed by atoms with Gasteiger partial charge in [0.15, 0.2) is 23.0 Å². The summed E-state index contributed by atoms with van der Waals surface area (Å²) < 4.78 is 10.3. The predicted molar refractivity (Wildman–Crippen MR) is 87.9 cm³/mol. The highest BCUT2D eigenvalue weighted by Gasteiger charge is 2.18. The smallest absolute Gasteiger partial charge is 0.330 e. The maximum Gasteiger partial charge on any atom is 0.330 e. The van der Waals surface area contributed by atoms with Crippen molar-refractivity contribution in [2.75, 3.05) is 7.11 Å². The molecule has 0 amide bonds. The molecule has 3 rings (SSSR count). The van der Waals surface area contributed by atoms with Crippen molar-refractivity contribution in [3.05, 3.63) is 47.0 Å². The number of ether oxygens (including phenoxy) is 2. The number of fused-ring (bicyclic) bond motifs is 2. The summed E-state index contributed by atoms with van der Waals surface area (Å²) in [4.78, 5) is 11.3. The molecular formula is C18H14O6. The minimum absolute atomic E-state index is 0.0923. The van der Waals surface area contributed by atoms with Crippen LogP contribution < -0.4 is 4.74 Å². The van der Waals surface area contributed by atoms with E-state index in [9.17, 15) is 20.1 Å². The summed E-state index contributed by atoms with van der Waals surface area (Å²) in [7, 11) is 1.28. The number of hydrogen-bond acceptors (Lipinski definition) is 6. The molecule has 6 heteroatoms. The first-order valence-electron chi connectivity index (χ1n) is 7.03. The quantitative estimate of drug-likeness (QED) is 0.380. The minimum Gasteiger partial charge on any atom is -0.504 e. The van der Waals surface area contributed by atoms with Crippen LogP contribution in [0.4, 0.5) is 0 Å². The molecule has 0 saturated carbocycles. The van der Waals surface area contributed by atoms with Crippen molar-refractivity contribution >= 4 is 24.2 Å². The fourth-order valence-corrected chi connectivity index (χ4v) is 2.33. The number of carbonyl (C=O) groups excluding carboxylic acids is 1. The molecule has 0 atom stereocenters. The molecule has 0 saturated heterocycles. The van der Waals surface area contributed by atoms with E-state index in [2.05, 4.69) is 4.74 Å². The number of phenolic OH excluding ortho intramolecular Hbond substituents is 3. The molecule has 1 aliphatic rings. The average molecular weight is 326 g/mol. The number of aromatic hydroxyl groups is 3. The van der Waals surface area contributed by atoms with E-state index in [1.165, 1.54) is 31.4 Å². The van der Waals surface area contributed by atoms with Gasteiger partial charge in [0.25, 0.3) is 0 Å². The maximum absolute atomic E-state index is 11.3. The van der Waals surface area contributed by atoms with E-state index in [0.29, 0.717) is 16.7 Å². The first-order chi connectivity index (χ1) is 11.5. The molecule has 0 fully saturated rings. The third-order valence-corrected chi connectivity index (χ3v) is 3.56. The first-order valence-corrected chi connectivity index (χ1v) is 7.03. The van der Waals surface area contributed by atoms with Crippen molar-refractivity contribution in [2.45, 2.75) is 0 Å². The lowest BCUT2D eigenvalue weighted by Crippen LogP contribution is -1.94. The Bertz CT molecular complexity index is 880. The number of esters is 1. The normalized spacial score (nSPS) is 12.2. The zero-order valence-electron chi connectivity index (χ0n) is 12.7. The largest absolute Gasteiger partial charge is 0.504 e. The van der Waals surface area contributed by atoms with Crippen LogP contribution in [-0.2, 0) is 9.53 Å². The Kier molecular flexibility index (Phi) is 3.87. The number of phenols is 3. The zero-order valence-corrected chi connectivity index (χ0v) is 12.7. The van der Waals surface area contributed by atoms with E-state index in [1.807, 2.05) is 0 Å². The minimum atomic E-state index is -0.506. The van der Waals surface area contributed by atoms with Gasteiger partial charge in [0, 0.05) is 23.3 Å². The number of carbonyl (C=O) groups is 1. The highest BCUT2D eigenvalue weighted by atomic mass is 16.5. The summed E-state index contributed by atoms with van der Waals surface area (Å²) in [5, 5.41) is 29.3. The van der Waals surface area contributed by atoms with Gasteiger partial charge < -0.3 is 24.8 Å². The van der Waals surface area contributed by atoms with Crippen LogP contribution in [0.2, 0.25) is 0 Å². The van der Waals surface area contributed by atoms with Gasteiger partial charge >= 0.3 is 5.97 Å². The molecule has 0 aliphatic carbocycles. The lowest BCUT2D eigenvalue weighted by Gasteiger charge is -2.12. The van der Waals surface area contributed by atoms with Gasteiger partial charge in [-0.15, -0.1) is 0 Å². The molecule has 2 aromatic carbocycles. The topological polar surface area (TPSA) is 96.2 Å². The van der Waals surface area contributed by atoms with Crippen molar-refractivity contribution < 1.29 is 29.6 Å². The SMILES string of the molecule is COC(=O)/C=C/c1ccc(O)c2c1C=Cc1cc(O)c(O)cc1O2. The van der Waals surface area contributed by atoms with Crippen LogP contribution in [0.1, 0.15) is 16.7 Å². The molecule has 0 aromatic heterocycles. The molecule has 24 heavy (non-hydrogen) atoms. The van der Waals surface area contributed by atoms with Crippen LogP contribution in [0.3, 0.4) is 0 Å². The van der Waals surface area contributed by atoms with Gasteiger partial charge in [0.1, 0.15) is 5.75 Å². The number of rotatable bonds is 2. The molecule has 1 heterocycles. The monoisotopic (exact) mass is 326 g/mol. The highest BCUT2D eigenvalue weighted by Crippen LogP contribution is 2.44. The number of hydrogen-bond donors (Lipinski definition) is 3. The van der Waals surface area contributed by atoms with Crippen molar-refractivity contribution in [1.29, 1.82) is 0 Å². The second-order valence-corrected chi connectivity index (χ2v) is 5.09. The van der Waals surface area contributed by atoms with E-state index in [4.69, 9.17) is 4.74 Å². The summed E-state index contributed by atoms with van der Waals surface area (Å²) in [6.07, 6.45) is 6.17. The van der Waals surface area contributed by atoms with Gasteiger partial charge in [-0.1, -0.05) is 12.1 Å². The molecule has 122 valence electrons. The van der Waals surface area contributed by atoms with E-state index < -0.39 is 5.97 Å². The Hall–Kier alpha value is -3.41.